The third kappa shape index (κ3) is 3.91. The van der Waals surface area contributed by atoms with Crippen molar-refractivity contribution < 1.29 is 14.6 Å². The van der Waals surface area contributed by atoms with Gasteiger partial charge in [0.2, 0.25) is 0 Å². The predicted molar refractivity (Wildman–Crippen MR) is 51.8 cm³/mol. The van der Waals surface area contributed by atoms with E-state index >= 15 is 0 Å². The zero-order chi connectivity index (χ0) is 10.4. The van der Waals surface area contributed by atoms with Gasteiger partial charge in [-0.2, -0.15) is 0 Å². The Hall–Kier alpha value is -1.55. The van der Waals surface area contributed by atoms with Crippen molar-refractivity contribution in [3.63, 3.8) is 0 Å². The maximum absolute atomic E-state index is 11.0. The number of hydrogen-bond donors (Lipinski definition) is 2. The van der Waals surface area contributed by atoms with Crippen LogP contribution in [0.5, 0.6) is 5.75 Å². The summed E-state index contributed by atoms with van der Waals surface area (Å²) in [5, 5.41) is 11.1. The van der Waals surface area contributed by atoms with E-state index < -0.39 is 6.23 Å². The fraction of sp³-hybridized carbons (Fsp3) is 0.300. The van der Waals surface area contributed by atoms with E-state index in [9.17, 15) is 4.79 Å². The van der Waals surface area contributed by atoms with Crippen LogP contribution in [0.3, 0.4) is 0 Å². The van der Waals surface area contributed by atoms with Crippen molar-refractivity contribution in [2.75, 3.05) is 6.61 Å². The Balaban J connectivity index is 2.31. The number of benzene rings is 1. The Morgan fingerprint density at radius 3 is 2.71 bits per heavy atom. The van der Waals surface area contributed by atoms with Gasteiger partial charge < -0.3 is 15.2 Å². The largest absolute Gasteiger partial charge is 0.484 e. The molecule has 4 nitrogen and oxygen atoms in total. The molecule has 4 heteroatoms. The third-order valence-corrected chi connectivity index (χ3v) is 1.48. The van der Waals surface area contributed by atoms with Crippen LogP contribution < -0.4 is 10.1 Å². The Bertz CT molecular complexity index is 285. The van der Waals surface area contributed by atoms with Crippen LogP contribution in [0.15, 0.2) is 30.3 Å². The first kappa shape index (κ1) is 10.5. The maximum Gasteiger partial charge on any atom is 0.259 e. The second kappa shape index (κ2) is 5.24. The van der Waals surface area contributed by atoms with Gasteiger partial charge in [0.05, 0.1) is 0 Å². The number of ether oxygens (including phenoxy) is 1. The summed E-state index contributed by atoms with van der Waals surface area (Å²) in [5.74, 6) is 0.289. The molecule has 1 aromatic rings. The summed E-state index contributed by atoms with van der Waals surface area (Å²) in [6, 6.07) is 9.03. The number of rotatable bonds is 4. The minimum atomic E-state index is -0.845. The van der Waals surface area contributed by atoms with Crippen LogP contribution >= 0.6 is 0 Å². The smallest absolute Gasteiger partial charge is 0.259 e. The standard InChI is InChI=1S/C10H13NO3/c1-8(12)11-10(13)7-14-9-5-3-2-4-6-9/h2-6,8,12H,7H2,1H3,(H,11,13). The van der Waals surface area contributed by atoms with Crippen LogP contribution in [0, 0.1) is 0 Å². The van der Waals surface area contributed by atoms with Gasteiger partial charge in [-0.3, -0.25) is 4.79 Å². The molecule has 1 amide bonds. The molecule has 0 spiro atoms. The Morgan fingerprint density at radius 2 is 2.14 bits per heavy atom. The van der Waals surface area contributed by atoms with E-state index in [0.29, 0.717) is 5.75 Å². The van der Waals surface area contributed by atoms with Crippen molar-refractivity contribution >= 4 is 5.91 Å². The molecule has 1 rings (SSSR count). The lowest BCUT2D eigenvalue weighted by molar-refractivity contribution is -0.125. The van der Waals surface area contributed by atoms with Gasteiger partial charge in [-0.1, -0.05) is 18.2 Å². The normalized spacial score (nSPS) is 11.9. The highest BCUT2D eigenvalue weighted by molar-refractivity contribution is 5.77. The lowest BCUT2D eigenvalue weighted by atomic mass is 10.3. The molecule has 1 atom stereocenters. The molecule has 0 fully saturated rings. The summed E-state index contributed by atoms with van der Waals surface area (Å²) >= 11 is 0. The monoisotopic (exact) mass is 195 g/mol. The van der Waals surface area contributed by atoms with Crippen LogP contribution in [0.1, 0.15) is 6.92 Å². The van der Waals surface area contributed by atoms with Gasteiger partial charge in [0, 0.05) is 0 Å². The van der Waals surface area contributed by atoms with E-state index in [0.717, 1.165) is 0 Å². The molecule has 0 bridgehead atoms. The summed E-state index contributed by atoms with van der Waals surface area (Å²) in [7, 11) is 0. The first-order valence-corrected chi connectivity index (χ1v) is 4.34. The SMILES string of the molecule is CC(O)NC(=O)COc1ccccc1. The molecule has 0 aliphatic rings. The average molecular weight is 195 g/mol. The van der Waals surface area contributed by atoms with Gasteiger partial charge in [0.25, 0.3) is 5.91 Å². The predicted octanol–water partition coefficient (Wildman–Crippen LogP) is 0.520. The van der Waals surface area contributed by atoms with E-state index in [2.05, 4.69) is 5.32 Å². The highest BCUT2D eigenvalue weighted by Gasteiger charge is 2.04. The molecule has 14 heavy (non-hydrogen) atoms. The minimum Gasteiger partial charge on any atom is -0.484 e. The second-order valence-corrected chi connectivity index (χ2v) is 2.85. The summed E-state index contributed by atoms with van der Waals surface area (Å²) in [6.45, 7) is 1.38. The molecule has 1 aromatic carbocycles. The molecule has 0 saturated carbocycles. The first-order valence-electron chi connectivity index (χ1n) is 4.34. The van der Waals surface area contributed by atoms with Crippen LogP contribution in [0.2, 0.25) is 0 Å². The number of para-hydroxylation sites is 1. The molecule has 0 aromatic heterocycles. The van der Waals surface area contributed by atoms with E-state index in [-0.39, 0.29) is 12.5 Å². The van der Waals surface area contributed by atoms with Gasteiger partial charge in [-0.15, -0.1) is 0 Å². The fourth-order valence-electron chi connectivity index (χ4n) is 0.940. The molecule has 0 aliphatic carbocycles. The van der Waals surface area contributed by atoms with Gasteiger partial charge in [0.15, 0.2) is 6.61 Å². The van der Waals surface area contributed by atoms with Gasteiger partial charge in [-0.05, 0) is 19.1 Å². The molecule has 0 aliphatic heterocycles. The number of aliphatic hydroxyl groups excluding tert-OH is 1. The van der Waals surface area contributed by atoms with E-state index in [4.69, 9.17) is 9.84 Å². The van der Waals surface area contributed by atoms with Crippen molar-refractivity contribution in [3.05, 3.63) is 30.3 Å². The third-order valence-electron chi connectivity index (χ3n) is 1.48. The molecule has 0 heterocycles. The topological polar surface area (TPSA) is 58.6 Å². The zero-order valence-corrected chi connectivity index (χ0v) is 7.93. The molecular weight excluding hydrogens is 182 g/mol. The number of nitrogens with one attached hydrogen (secondary N) is 1. The van der Waals surface area contributed by atoms with E-state index in [1.165, 1.54) is 6.92 Å². The number of hydrogen-bond acceptors (Lipinski definition) is 3. The first-order chi connectivity index (χ1) is 6.68. The number of carbonyl (C=O) groups excluding carboxylic acids is 1. The quantitative estimate of drug-likeness (QED) is 0.688. The lowest BCUT2D eigenvalue weighted by Gasteiger charge is -2.08. The highest BCUT2D eigenvalue weighted by Crippen LogP contribution is 2.07. The van der Waals surface area contributed by atoms with Crippen molar-refractivity contribution in [1.29, 1.82) is 0 Å². The Kier molecular flexibility index (Phi) is 3.94. The van der Waals surface area contributed by atoms with Gasteiger partial charge in [0.1, 0.15) is 12.0 Å². The summed E-state index contributed by atoms with van der Waals surface area (Å²) < 4.78 is 5.15. The number of amides is 1. The molecule has 76 valence electrons. The summed E-state index contributed by atoms with van der Waals surface area (Å²) in [4.78, 5) is 11.0. The second-order valence-electron chi connectivity index (χ2n) is 2.85. The van der Waals surface area contributed by atoms with Crippen LogP contribution in [-0.2, 0) is 4.79 Å². The number of aliphatic hydroxyl groups is 1. The molecule has 2 N–H and O–H groups in total. The zero-order valence-electron chi connectivity index (χ0n) is 7.93. The minimum absolute atomic E-state index is 0.0884. The van der Waals surface area contributed by atoms with Gasteiger partial charge >= 0.3 is 0 Å². The fourth-order valence-corrected chi connectivity index (χ4v) is 0.940. The lowest BCUT2D eigenvalue weighted by Crippen LogP contribution is -2.35. The number of carbonyl (C=O) groups is 1. The van der Waals surface area contributed by atoms with Crippen molar-refractivity contribution in [2.45, 2.75) is 13.2 Å². The van der Waals surface area contributed by atoms with Crippen molar-refractivity contribution in [1.82, 2.24) is 5.32 Å². The van der Waals surface area contributed by atoms with E-state index in [1.807, 2.05) is 18.2 Å². The van der Waals surface area contributed by atoms with Crippen LogP contribution in [-0.4, -0.2) is 23.8 Å². The Morgan fingerprint density at radius 1 is 1.50 bits per heavy atom. The summed E-state index contributed by atoms with van der Waals surface area (Å²) in [6.07, 6.45) is -0.845. The average Bonchev–Trinajstić information content (AvgIpc) is 2.15. The van der Waals surface area contributed by atoms with Crippen molar-refractivity contribution in [3.8, 4) is 5.75 Å². The van der Waals surface area contributed by atoms with Crippen LogP contribution in [0.4, 0.5) is 0 Å². The molecule has 0 saturated heterocycles. The molecule has 1 unspecified atom stereocenters. The molecular formula is C10H13NO3. The van der Waals surface area contributed by atoms with Gasteiger partial charge in [-0.25, -0.2) is 0 Å². The van der Waals surface area contributed by atoms with Crippen molar-refractivity contribution in [2.24, 2.45) is 0 Å². The highest BCUT2D eigenvalue weighted by atomic mass is 16.5. The van der Waals surface area contributed by atoms with E-state index in [1.54, 1.807) is 12.1 Å². The molecule has 0 radical (unpaired) electrons. The van der Waals surface area contributed by atoms with Crippen LogP contribution in [0.25, 0.3) is 0 Å². The summed E-state index contributed by atoms with van der Waals surface area (Å²) in [5.41, 5.74) is 0. The maximum atomic E-state index is 11.0. The Labute approximate surface area is 82.5 Å².